The Bertz CT molecular complexity index is 704. The highest BCUT2D eigenvalue weighted by Gasteiger charge is 2.18. The zero-order valence-corrected chi connectivity index (χ0v) is 12.0. The van der Waals surface area contributed by atoms with E-state index in [4.69, 9.17) is 0 Å². The van der Waals surface area contributed by atoms with Gasteiger partial charge in [0.2, 0.25) is 0 Å². The maximum absolute atomic E-state index is 2.39. The zero-order chi connectivity index (χ0) is 12.8. The van der Waals surface area contributed by atoms with Gasteiger partial charge in [-0.2, -0.15) is 0 Å². The Morgan fingerprint density at radius 1 is 0.944 bits per heavy atom. The van der Waals surface area contributed by atoms with Gasteiger partial charge in [0.25, 0.3) is 0 Å². The number of fused-ring (bicyclic) bond motifs is 3. The third-order valence-corrected chi connectivity index (χ3v) is 5.19. The summed E-state index contributed by atoms with van der Waals surface area (Å²) in [6, 6.07) is 15.7. The van der Waals surface area contributed by atoms with Gasteiger partial charge in [-0.15, -0.1) is 11.3 Å². The van der Waals surface area contributed by atoms with Crippen molar-refractivity contribution < 1.29 is 0 Å². The predicted octanol–water partition coefficient (Wildman–Crippen LogP) is 5.74. The molecule has 1 heteroatoms. The minimum Gasteiger partial charge on any atom is -0.135 e. The minimum absolute atomic E-state index is 0.261. The largest absolute Gasteiger partial charge is 0.135 e. The van der Waals surface area contributed by atoms with Crippen LogP contribution in [-0.4, -0.2) is 0 Å². The topological polar surface area (TPSA) is 0 Å². The smallest absolute Gasteiger partial charge is 0.0355 e. The second-order valence-electron chi connectivity index (χ2n) is 5.55. The molecule has 0 unspecified atom stereocenters. The summed E-state index contributed by atoms with van der Waals surface area (Å²) in [4.78, 5) is 0. The molecule has 0 aliphatic heterocycles. The third kappa shape index (κ3) is 1.74. The molecule has 0 N–H and O–H groups in total. The molecule has 0 aliphatic rings. The fraction of sp³-hybridized carbons (Fsp3) is 0.294. The fourth-order valence-electron chi connectivity index (χ4n) is 2.35. The van der Waals surface area contributed by atoms with E-state index in [-0.39, 0.29) is 5.41 Å². The lowest BCUT2D eigenvalue weighted by atomic mass is 9.82. The molecule has 3 rings (SSSR count). The second kappa shape index (κ2) is 4.10. The highest BCUT2D eigenvalue weighted by molar-refractivity contribution is 7.25. The molecule has 3 aromatic rings. The molecule has 0 bridgehead atoms. The van der Waals surface area contributed by atoms with Crippen LogP contribution in [0.25, 0.3) is 20.2 Å². The van der Waals surface area contributed by atoms with Crippen LogP contribution >= 0.6 is 11.3 Å². The summed E-state index contributed by atoms with van der Waals surface area (Å²) in [5.74, 6) is 0. The lowest BCUT2D eigenvalue weighted by Gasteiger charge is -2.23. The van der Waals surface area contributed by atoms with E-state index in [0.29, 0.717) is 0 Å². The summed E-state index contributed by atoms with van der Waals surface area (Å²) in [6.07, 6.45) is 1.17. The van der Waals surface area contributed by atoms with Crippen LogP contribution in [0.5, 0.6) is 0 Å². The number of rotatable bonds is 2. The summed E-state index contributed by atoms with van der Waals surface area (Å²) in [5, 5.41) is 2.81. The van der Waals surface area contributed by atoms with E-state index in [1.54, 1.807) is 0 Å². The van der Waals surface area contributed by atoms with E-state index in [1.165, 1.54) is 32.2 Å². The monoisotopic (exact) mass is 254 g/mol. The number of benzene rings is 2. The molecule has 0 fully saturated rings. The van der Waals surface area contributed by atoms with E-state index >= 15 is 0 Å². The molecule has 0 spiro atoms. The first kappa shape index (κ1) is 11.7. The Balaban J connectivity index is 2.31. The zero-order valence-electron chi connectivity index (χ0n) is 11.2. The number of hydrogen-bond donors (Lipinski definition) is 0. The van der Waals surface area contributed by atoms with E-state index in [2.05, 4.69) is 63.2 Å². The molecular weight excluding hydrogens is 236 g/mol. The average Bonchev–Trinajstić information content (AvgIpc) is 2.76. The van der Waals surface area contributed by atoms with Gasteiger partial charge in [0, 0.05) is 20.2 Å². The lowest BCUT2D eigenvalue weighted by molar-refractivity contribution is 0.507. The maximum Gasteiger partial charge on any atom is 0.0355 e. The second-order valence-corrected chi connectivity index (χ2v) is 6.63. The number of thiophene rings is 1. The maximum atomic E-state index is 2.39. The van der Waals surface area contributed by atoms with E-state index in [9.17, 15) is 0 Å². The van der Waals surface area contributed by atoms with Crippen LogP contribution in [0, 0.1) is 0 Å². The molecule has 1 aromatic heterocycles. The van der Waals surface area contributed by atoms with Gasteiger partial charge in [-0.3, -0.25) is 0 Å². The summed E-state index contributed by atoms with van der Waals surface area (Å²) in [7, 11) is 0. The molecule has 0 amide bonds. The van der Waals surface area contributed by atoms with Gasteiger partial charge in [0.15, 0.2) is 0 Å². The van der Waals surface area contributed by atoms with Crippen LogP contribution in [0.4, 0.5) is 0 Å². The van der Waals surface area contributed by atoms with Crippen molar-refractivity contribution in [3.05, 3.63) is 48.0 Å². The normalized spacial score (nSPS) is 12.4. The molecular formula is C17H18S. The van der Waals surface area contributed by atoms with Crippen molar-refractivity contribution in [1.82, 2.24) is 0 Å². The SMILES string of the molecule is CCC(C)(C)c1ccc2sc3ccccc3c2c1. The molecule has 0 saturated heterocycles. The lowest BCUT2D eigenvalue weighted by Crippen LogP contribution is -2.14. The van der Waals surface area contributed by atoms with Gasteiger partial charge < -0.3 is 0 Å². The predicted molar refractivity (Wildman–Crippen MR) is 82.6 cm³/mol. The molecule has 1 heterocycles. The van der Waals surface area contributed by atoms with Crippen molar-refractivity contribution in [1.29, 1.82) is 0 Å². The van der Waals surface area contributed by atoms with Crippen molar-refractivity contribution in [3.8, 4) is 0 Å². The summed E-state index contributed by atoms with van der Waals surface area (Å²) in [5.41, 5.74) is 1.71. The number of hydrogen-bond acceptors (Lipinski definition) is 1. The van der Waals surface area contributed by atoms with Gasteiger partial charge in [-0.1, -0.05) is 45.0 Å². The summed E-state index contributed by atoms with van der Waals surface area (Å²) in [6.45, 7) is 6.90. The Morgan fingerprint density at radius 3 is 2.44 bits per heavy atom. The first-order valence-corrected chi connectivity index (χ1v) is 7.35. The molecule has 2 aromatic carbocycles. The molecule has 0 nitrogen and oxygen atoms in total. The minimum atomic E-state index is 0.261. The van der Waals surface area contributed by atoms with Crippen LogP contribution in [0.1, 0.15) is 32.8 Å². The standard InChI is InChI=1S/C17H18S/c1-4-17(2,3)12-9-10-16-14(11-12)13-7-5-6-8-15(13)18-16/h5-11H,4H2,1-3H3. The van der Waals surface area contributed by atoms with E-state index in [1.807, 2.05) is 11.3 Å². The first-order valence-electron chi connectivity index (χ1n) is 6.53. The average molecular weight is 254 g/mol. The Hall–Kier alpha value is -1.34. The fourth-order valence-corrected chi connectivity index (χ4v) is 3.44. The Morgan fingerprint density at radius 2 is 1.67 bits per heavy atom. The Kier molecular flexibility index (Phi) is 2.67. The van der Waals surface area contributed by atoms with Crippen LogP contribution in [-0.2, 0) is 5.41 Å². The van der Waals surface area contributed by atoms with Crippen molar-refractivity contribution in [2.75, 3.05) is 0 Å². The Labute approximate surface area is 112 Å². The summed E-state index contributed by atoms with van der Waals surface area (Å²) >= 11 is 1.89. The van der Waals surface area contributed by atoms with Gasteiger partial charge in [-0.05, 0) is 35.6 Å². The third-order valence-electron chi connectivity index (χ3n) is 4.04. The van der Waals surface area contributed by atoms with Crippen LogP contribution < -0.4 is 0 Å². The van der Waals surface area contributed by atoms with Crippen LogP contribution in [0.3, 0.4) is 0 Å². The molecule has 0 atom stereocenters. The van der Waals surface area contributed by atoms with Crippen molar-refractivity contribution in [2.45, 2.75) is 32.6 Å². The molecule has 0 saturated carbocycles. The van der Waals surface area contributed by atoms with E-state index < -0.39 is 0 Å². The van der Waals surface area contributed by atoms with Crippen LogP contribution in [0.15, 0.2) is 42.5 Å². The highest BCUT2D eigenvalue weighted by Crippen LogP contribution is 2.37. The van der Waals surface area contributed by atoms with Crippen molar-refractivity contribution in [3.63, 3.8) is 0 Å². The quantitative estimate of drug-likeness (QED) is 0.547. The van der Waals surface area contributed by atoms with Gasteiger partial charge >= 0.3 is 0 Å². The van der Waals surface area contributed by atoms with Gasteiger partial charge in [-0.25, -0.2) is 0 Å². The molecule has 0 radical (unpaired) electrons. The molecule has 92 valence electrons. The molecule has 18 heavy (non-hydrogen) atoms. The van der Waals surface area contributed by atoms with Crippen molar-refractivity contribution in [2.24, 2.45) is 0 Å². The van der Waals surface area contributed by atoms with Gasteiger partial charge in [0.1, 0.15) is 0 Å². The van der Waals surface area contributed by atoms with Crippen LogP contribution in [0.2, 0.25) is 0 Å². The summed E-state index contributed by atoms with van der Waals surface area (Å²) < 4.78 is 2.78. The van der Waals surface area contributed by atoms with E-state index in [0.717, 1.165) is 0 Å². The first-order chi connectivity index (χ1) is 8.62. The van der Waals surface area contributed by atoms with Gasteiger partial charge in [0.05, 0.1) is 0 Å². The highest BCUT2D eigenvalue weighted by atomic mass is 32.1. The molecule has 0 aliphatic carbocycles. The van der Waals surface area contributed by atoms with Crippen molar-refractivity contribution >= 4 is 31.5 Å².